The van der Waals surface area contributed by atoms with E-state index >= 15 is 0 Å². The maximum absolute atomic E-state index is 14.2. The van der Waals surface area contributed by atoms with Crippen LogP contribution in [0.2, 0.25) is 0 Å². The van der Waals surface area contributed by atoms with Crippen molar-refractivity contribution >= 4 is 57.4 Å². The second-order valence-corrected chi connectivity index (χ2v) is 23.4. The molecule has 81 heavy (non-hydrogen) atoms. The number of aliphatic hydroxyl groups excluding tert-OH is 1. The lowest BCUT2D eigenvalue weighted by Gasteiger charge is -2.41. The highest BCUT2D eigenvalue weighted by Gasteiger charge is 2.45. The first kappa shape index (κ1) is 58.6. The number of ether oxygens (including phenoxy) is 4. The Morgan fingerprint density at radius 2 is 1.64 bits per heavy atom. The molecule has 5 aromatic rings. The summed E-state index contributed by atoms with van der Waals surface area (Å²) in [5.41, 5.74) is 6.95. The van der Waals surface area contributed by atoms with Crippen LogP contribution in [-0.4, -0.2) is 186 Å². The molecule has 0 radical (unpaired) electrons. The third kappa shape index (κ3) is 14.2. The minimum Gasteiger partial charge on any atom is -0.465 e. The van der Waals surface area contributed by atoms with Gasteiger partial charge >= 0.3 is 12.1 Å². The van der Waals surface area contributed by atoms with E-state index in [0.29, 0.717) is 58.8 Å². The Balaban J connectivity index is 0.716. The molecule has 0 aliphatic carbocycles. The standard InChI is InChI=1S/C59H75N11O10S/c1-37(39-14-16-41(17-15-39)52-38(2)61-36-81-52)62-55(73)50-29-44(71)31-70(50)56(74)53(59(3,4)5)64-51(72)35-78-25-24-77-26-27-79-45-28-43(66(6)32-45)34-80-57-63-48-33-67(49-13-9-11-40-10-7-8-12-46(40)49)21-19-47(48)54(65-57)68-22-23-69(58(75)76)42(30-68)18-20-60/h7-17,36-37,42-45,50,53,71H,18-19,21-35H2,1-6H3,(H,62,73)(H,64,72)(H,75,76)/t37-,42-,43-,44+,45+,50-,53+/m0/s1. The Labute approximate surface area is 477 Å². The van der Waals surface area contributed by atoms with Gasteiger partial charge in [-0.1, -0.05) is 81.4 Å². The largest absolute Gasteiger partial charge is 0.465 e. The van der Waals surface area contributed by atoms with Crippen LogP contribution in [0.15, 0.2) is 72.2 Å². The van der Waals surface area contributed by atoms with E-state index in [1.165, 1.54) is 9.80 Å². The average Bonchev–Trinajstić information content (AvgIpc) is 4.32. The molecule has 4 aliphatic heterocycles. The molecule has 7 atom stereocenters. The number of carboxylic acid groups (broad SMARTS) is 1. The molecule has 0 spiro atoms. The second kappa shape index (κ2) is 26.3. The van der Waals surface area contributed by atoms with Gasteiger partial charge in [-0.25, -0.2) is 9.78 Å². The number of hydrogen-bond donors (Lipinski definition) is 4. The molecule has 3 fully saturated rings. The SMILES string of the molecule is Cc1ncsc1-c1ccc([C@H](C)NC(=O)[C@@H]2C[C@@H](O)CN2C(=O)[C@@H](NC(=O)COCCOCCO[C@@H]2C[C@@H](COc3nc4c(c(N5CCN(C(=O)O)[C@@H](CC#N)C5)n3)CCN(c3cccc5ccccc35)C4)N(C)C2)C(C)(C)C)cc1. The van der Waals surface area contributed by atoms with Crippen LogP contribution in [0, 0.1) is 23.7 Å². The van der Waals surface area contributed by atoms with E-state index in [2.05, 4.69) is 66.7 Å². The zero-order valence-corrected chi connectivity index (χ0v) is 47.9. The van der Waals surface area contributed by atoms with E-state index in [4.69, 9.17) is 28.9 Å². The summed E-state index contributed by atoms with van der Waals surface area (Å²) in [6, 6.07) is 22.2. The molecular weight excluding hydrogens is 1050 g/mol. The number of rotatable bonds is 21. The van der Waals surface area contributed by atoms with Crippen molar-refractivity contribution in [1.29, 1.82) is 5.26 Å². The number of β-amino-alcohol motifs (C(OH)–C–C–N with tert-alkyl or cyclic N) is 1. The molecule has 21 nitrogen and oxygen atoms in total. The number of anilines is 2. The van der Waals surface area contributed by atoms with Crippen molar-refractivity contribution in [1.82, 2.24) is 40.3 Å². The number of aromatic nitrogens is 3. The number of piperazine rings is 1. The van der Waals surface area contributed by atoms with Gasteiger partial charge in [-0.05, 0) is 61.7 Å². The number of fused-ring (bicyclic) bond motifs is 2. The topological polar surface area (TPSA) is 248 Å². The second-order valence-electron chi connectivity index (χ2n) is 22.5. The van der Waals surface area contributed by atoms with E-state index in [1.54, 1.807) is 11.3 Å². The maximum Gasteiger partial charge on any atom is 0.407 e. The number of likely N-dealkylation sites (tertiary alicyclic amines) is 2. The predicted octanol–water partition coefficient (Wildman–Crippen LogP) is 5.58. The molecule has 3 aromatic carbocycles. The van der Waals surface area contributed by atoms with Gasteiger partial charge in [0.1, 0.15) is 31.1 Å². The molecule has 6 heterocycles. The highest BCUT2D eigenvalue weighted by molar-refractivity contribution is 7.13. The van der Waals surface area contributed by atoms with Gasteiger partial charge < -0.3 is 59.4 Å². The van der Waals surface area contributed by atoms with Gasteiger partial charge in [0, 0.05) is 68.4 Å². The van der Waals surface area contributed by atoms with Crippen LogP contribution in [0.5, 0.6) is 6.01 Å². The van der Waals surface area contributed by atoms with Gasteiger partial charge in [0.25, 0.3) is 0 Å². The molecule has 2 aromatic heterocycles. The fourth-order valence-corrected chi connectivity index (χ4v) is 12.2. The number of nitriles is 1. The van der Waals surface area contributed by atoms with E-state index in [1.807, 2.05) is 83.6 Å². The number of carbonyl (C=O) groups excluding carboxylic acids is 3. The number of likely N-dealkylation sites (N-methyl/N-ethyl adjacent to an activating group) is 1. The van der Waals surface area contributed by atoms with Gasteiger partial charge in [-0.3, -0.25) is 19.3 Å². The van der Waals surface area contributed by atoms with Crippen molar-refractivity contribution in [3.63, 3.8) is 0 Å². The lowest BCUT2D eigenvalue weighted by molar-refractivity contribution is -0.144. The third-order valence-electron chi connectivity index (χ3n) is 15.8. The third-order valence-corrected chi connectivity index (χ3v) is 16.8. The highest BCUT2D eigenvalue weighted by atomic mass is 32.1. The molecule has 4 aliphatic rings. The summed E-state index contributed by atoms with van der Waals surface area (Å²) >= 11 is 1.57. The van der Waals surface area contributed by atoms with Crippen molar-refractivity contribution in [3.8, 4) is 22.5 Å². The molecule has 432 valence electrons. The quantitative estimate of drug-likeness (QED) is 0.0655. The number of carbonyl (C=O) groups is 4. The van der Waals surface area contributed by atoms with Crippen LogP contribution in [-0.2, 0) is 41.6 Å². The first-order valence-corrected chi connectivity index (χ1v) is 28.8. The Morgan fingerprint density at radius 3 is 2.40 bits per heavy atom. The fraction of sp³-hybridized carbons (Fsp3) is 0.525. The van der Waals surface area contributed by atoms with Crippen LogP contribution in [0.1, 0.15) is 75.5 Å². The molecule has 3 saturated heterocycles. The predicted molar refractivity (Wildman–Crippen MR) is 306 cm³/mol. The van der Waals surface area contributed by atoms with Crippen molar-refractivity contribution in [2.45, 2.75) is 109 Å². The molecule has 9 rings (SSSR count). The van der Waals surface area contributed by atoms with Crippen LogP contribution >= 0.6 is 11.3 Å². The van der Waals surface area contributed by atoms with Crippen LogP contribution in [0.3, 0.4) is 0 Å². The molecular formula is C59H75N11O10S. The number of aryl methyl sites for hydroxylation is 1. The summed E-state index contributed by atoms with van der Waals surface area (Å²) in [6.07, 6.45) is -0.459. The number of amides is 4. The Kier molecular flexibility index (Phi) is 19.0. The van der Waals surface area contributed by atoms with E-state index in [-0.39, 0.29) is 75.9 Å². The summed E-state index contributed by atoms with van der Waals surface area (Å²) in [6.45, 7) is 13.3. The van der Waals surface area contributed by atoms with Crippen molar-refractivity contribution in [3.05, 3.63) is 94.8 Å². The summed E-state index contributed by atoms with van der Waals surface area (Å²) < 4.78 is 24.1. The molecule has 4 N–H and O–H groups in total. The van der Waals surface area contributed by atoms with E-state index in [0.717, 1.165) is 61.8 Å². The smallest absolute Gasteiger partial charge is 0.407 e. The Morgan fingerprint density at radius 1 is 0.877 bits per heavy atom. The number of hydrogen-bond acceptors (Lipinski definition) is 17. The molecule has 0 unspecified atom stereocenters. The minimum atomic E-state index is -1.04. The highest BCUT2D eigenvalue weighted by Crippen LogP contribution is 2.36. The Bertz CT molecular complexity index is 3050. The molecule has 22 heteroatoms. The van der Waals surface area contributed by atoms with Crippen molar-refractivity contribution in [2.75, 3.05) is 95.8 Å². The fourth-order valence-electron chi connectivity index (χ4n) is 11.4. The van der Waals surface area contributed by atoms with Gasteiger partial charge in [0.2, 0.25) is 17.7 Å². The summed E-state index contributed by atoms with van der Waals surface area (Å²) in [5.74, 6) is -0.612. The molecule has 0 saturated carbocycles. The van der Waals surface area contributed by atoms with Crippen LogP contribution in [0.4, 0.5) is 16.3 Å². The van der Waals surface area contributed by atoms with Crippen LogP contribution in [0.25, 0.3) is 21.2 Å². The normalized spacial score (nSPS) is 21.1. The van der Waals surface area contributed by atoms with E-state index in [9.17, 15) is 34.7 Å². The van der Waals surface area contributed by atoms with Gasteiger partial charge in [-0.2, -0.15) is 15.2 Å². The number of nitrogens with one attached hydrogen (secondary N) is 2. The van der Waals surface area contributed by atoms with Crippen molar-refractivity contribution in [2.24, 2.45) is 5.41 Å². The number of thiazole rings is 1. The maximum atomic E-state index is 14.2. The first-order valence-electron chi connectivity index (χ1n) is 27.9. The Hall–Kier alpha value is -7.00. The van der Waals surface area contributed by atoms with Gasteiger partial charge in [-0.15, -0.1) is 11.3 Å². The number of benzene rings is 3. The number of aliphatic hydroxyl groups is 1. The number of nitrogens with zero attached hydrogens (tertiary/aromatic N) is 9. The van der Waals surface area contributed by atoms with Gasteiger partial charge in [0.15, 0.2) is 0 Å². The van der Waals surface area contributed by atoms with Gasteiger partial charge in [0.05, 0.1) is 91.5 Å². The monoisotopic (exact) mass is 1130 g/mol. The van der Waals surface area contributed by atoms with Crippen molar-refractivity contribution < 1.29 is 48.3 Å². The zero-order valence-electron chi connectivity index (χ0n) is 47.1. The minimum absolute atomic E-state index is 0.0175. The molecule has 4 amide bonds. The summed E-state index contributed by atoms with van der Waals surface area (Å²) in [5, 5.41) is 38.4. The average molecular weight is 1130 g/mol. The van der Waals surface area contributed by atoms with Crippen LogP contribution < -0.4 is 25.2 Å². The van der Waals surface area contributed by atoms with E-state index < -0.39 is 47.6 Å². The molecule has 0 bridgehead atoms. The first-order chi connectivity index (χ1) is 38.9. The summed E-state index contributed by atoms with van der Waals surface area (Å²) in [4.78, 5) is 78.0. The lowest BCUT2D eigenvalue weighted by atomic mass is 9.85. The summed E-state index contributed by atoms with van der Waals surface area (Å²) in [7, 11) is 2.03. The zero-order chi connectivity index (χ0) is 57.4. The lowest BCUT2D eigenvalue weighted by Crippen LogP contribution is -2.58.